The Labute approximate surface area is 213 Å². The van der Waals surface area contributed by atoms with Gasteiger partial charge in [0.25, 0.3) is 10.3 Å². The predicted molar refractivity (Wildman–Crippen MR) is 147 cm³/mol. The summed E-state index contributed by atoms with van der Waals surface area (Å²) < 4.78 is 29.0. The number of hydrogen-bond acceptors (Lipinski definition) is 8. The standard InChI is InChI=1S/C22H43N3O5S3/c1-6-12-23-21(31)27-17-15-25(16-18-28-22(32)24-13-7-2)14-11-19-33(29-9-4,30-10-5)20-26-8-3/h6-7H,1-2,8-20H2,3-5H3,(H,23,31)(H,24,32). The molecular weight excluding hydrogens is 482 g/mol. The van der Waals surface area contributed by atoms with Crippen molar-refractivity contribution >= 4 is 45.4 Å². The summed E-state index contributed by atoms with van der Waals surface area (Å²) in [5.41, 5.74) is 0. The normalized spacial score (nSPS) is 11.6. The summed E-state index contributed by atoms with van der Waals surface area (Å²) in [4.78, 5) is 2.26. The van der Waals surface area contributed by atoms with Crippen molar-refractivity contribution in [2.75, 3.05) is 77.4 Å². The zero-order valence-electron chi connectivity index (χ0n) is 20.5. The lowest BCUT2D eigenvalue weighted by atomic mass is 10.4. The molecule has 11 heteroatoms. The van der Waals surface area contributed by atoms with Crippen LogP contribution in [0.15, 0.2) is 25.3 Å². The molecule has 8 nitrogen and oxygen atoms in total. The Morgan fingerprint density at radius 2 is 1.36 bits per heavy atom. The topological polar surface area (TPSA) is 73.5 Å². The highest BCUT2D eigenvalue weighted by molar-refractivity contribution is 8.25. The van der Waals surface area contributed by atoms with Gasteiger partial charge in [-0.25, -0.2) is 0 Å². The lowest BCUT2D eigenvalue weighted by Crippen LogP contribution is -2.36. The van der Waals surface area contributed by atoms with Gasteiger partial charge in [0, 0.05) is 38.5 Å². The second-order valence-electron chi connectivity index (χ2n) is 6.68. The molecule has 0 unspecified atom stereocenters. The lowest BCUT2D eigenvalue weighted by Gasteiger charge is -2.42. The molecule has 0 aliphatic heterocycles. The Hall–Kier alpha value is -0.950. The number of hydrogen-bond donors (Lipinski definition) is 2. The molecule has 0 bridgehead atoms. The highest BCUT2D eigenvalue weighted by Crippen LogP contribution is 2.50. The summed E-state index contributed by atoms with van der Waals surface area (Å²) in [7, 11) is -1.73. The van der Waals surface area contributed by atoms with Crippen molar-refractivity contribution in [3.05, 3.63) is 25.3 Å². The van der Waals surface area contributed by atoms with Gasteiger partial charge in [0.05, 0.1) is 13.2 Å². The molecule has 0 heterocycles. The van der Waals surface area contributed by atoms with E-state index in [2.05, 4.69) is 28.7 Å². The second kappa shape index (κ2) is 21.6. The molecule has 0 aromatic heterocycles. The minimum atomic E-state index is -1.73. The minimum absolute atomic E-state index is 0.369. The first-order valence-corrected chi connectivity index (χ1v) is 14.0. The average molecular weight is 526 g/mol. The predicted octanol–water partition coefficient (Wildman–Crippen LogP) is 3.53. The van der Waals surface area contributed by atoms with Crippen molar-refractivity contribution in [2.45, 2.75) is 27.2 Å². The molecule has 0 fully saturated rings. The third-order valence-electron chi connectivity index (χ3n) is 4.12. The van der Waals surface area contributed by atoms with E-state index in [1.165, 1.54) is 0 Å². The highest BCUT2D eigenvalue weighted by atomic mass is 32.3. The fourth-order valence-electron chi connectivity index (χ4n) is 2.71. The van der Waals surface area contributed by atoms with E-state index >= 15 is 0 Å². The van der Waals surface area contributed by atoms with Crippen LogP contribution in [0.2, 0.25) is 0 Å². The first-order valence-electron chi connectivity index (χ1n) is 11.4. The summed E-state index contributed by atoms with van der Waals surface area (Å²) in [6.45, 7) is 19.4. The van der Waals surface area contributed by atoms with E-state index < -0.39 is 10.6 Å². The van der Waals surface area contributed by atoms with Gasteiger partial charge in [0.2, 0.25) is 0 Å². The van der Waals surface area contributed by atoms with Crippen LogP contribution >= 0.6 is 35.0 Å². The van der Waals surface area contributed by atoms with Gasteiger partial charge >= 0.3 is 0 Å². The fraction of sp³-hybridized carbons (Fsp3) is 0.727. The van der Waals surface area contributed by atoms with Crippen LogP contribution in [0.3, 0.4) is 0 Å². The molecule has 0 aromatic carbocycles. The number of nitrogens with zero attached hydrogens (tertiary/aromatic N) is 1. The summed E-state index contributed by atoms with van der Waals surface area (Å²) in [5, 5.41) is 6.67. The van der Waals surface area contributed by atoms with Crippen LogP contribution in [0.1, 0.15) is 27.2 Å². The number of ether oxygens (including phenoxy) is 3. The average Bonchev–Trinajstić information content (AvgIpc) is 2.80. The highest BCUT2D eigenvalue weighted by Gasteiger charge is 2.21. The summed E-state index contributed by atoms with van der Waals surface area (Å²) in [6.07, 6.45) is 4.35. The molecule has 0 aromatic rings. The van der Waals surface area contributed by atoms with Crippen LogP contribution < -0.4 is 10.6 Å². The molecular formula is C22H43N3O5S3. The maximum atomic E-state index is 6.06. The lowest BCUT2D eigenvalue weighted by molar-refractivity contribution is 0.161. The van der Waals surface area contributed by atoms with Gasteiger partial charge in [-0.2, -0.15) is 10.6 Å². The van der Waals surface area contributed by atoms with Crippen LogP contribution in [-0.4, -0.2) is 92.7 Å². The Balaban J connectivity index is 4.80. The van der Waals surface area contributed by atoms with E-state index in [4.69, 9.17) is 47.0 Å². The molecule has 0 atom stereocenters. The number of rotatable bonds is 21. The quantitative estimate of drug-likeness (QED) is 0.172. The van der Waals surface area contributed by atoms with Gasteiger partial charge in [-0.05, 0) is 58.2 Å². The Morgan fingerprint density at radius 3 is 1.79 bits per heavy atom. The zero-order valence-corrected chi connectivity index (χ0v) is 22.9. The number of thiocarbonyl (C=S) groups is 2. The Morgan fingerprint density at radius 1 is 0.848 bits per heavy atom. The van der Waals surface area contributed by atoms with Gasteiger partial charge in [-0.15, -0.1) is 13.2 Å². The van der Waals surface area contributed by atoms with Crippen molar-refractivity contribution < 1.29 is 22.6 Å². The molecule has 0 aliphatic carbocycles. The SMILES string of the molecule is C=CCNC(=S)OCCN(CCCS(COCC)(OCC)OCC)CCOC(=S)NCC=C. The second-order valence-corrected chi connectivity index (χ2v) is 10.0. The van der Waals surface area contributed by atoms with Crippen molar-refractivity contribution in [3.63, 3.8) is 0 Å². The van der Waals surface area contributed by atoms with Crippen molar-refractivity contribution in [2.24, 2.45) is 0 Å². The van der Waals surface area contributed by atoms with Crippen molar-refractivity contribution in [1.82, 2.24) is 15.5 Å². The number of nitrogens with one attached hydrogen (secondary N) is 2. The zero-order chi connectivity index (χ0) is 24.8. The van der Waals surface area contributed by atoms with Gasteiger partial charge in [0.1, 0.15) is 19.2 Å². The smallest absolute Gasteiger partial charge is 0.256 e. The molecule has 0 saturated heterocycles. The van der Waals surface area contributed by atoms with E-state index in [1.54, 1.807) is 12.2 Å². The third kappa shape index (κ3) is 17.2. The van der Waals surface area contributed by atoms with E-state index in [9.17, 15) is 0 Å². The van der Waals surface area contributed by atoms with Crippen molar-refractivity contribution in [1.29, 1.82) is 0 Å². The van der Waals surface area contributed by atoms with E-state index in [-0.39, 0.29) is 0 Å². The van der Waals surface area contributed by atoms with Crippen LogP contribution in [0.4, 0.5) is 0 Å². The van der Waals surface area contributed by atoms with Crippen LogP contribution in [0.5, 0.6) is 0 Å². The Bertz CT molecular complexity index is 519. The van der Waals surface area contributed by atoms with Crippen molar-refractivity contribution in [3.8, 4) is 0 Å². The maximum absolute atomic E-state index is 6.06. The molecule has 33 heavy (non-hydrogen) atoms. The molecule has 0 saturated carbocycles. The minimum Gasteiger partial charge on any atom is -0.470 e. The monoisotopic (exact) mass is 525 g/mol. The first kappa shape index (κ1) is 32.0. The van der Waals surface area contributed by atoms with Gasteiger partial charge in [0.15, 0.2) is 0 Å². The van der Waals surface area contributed by atoms with Gasteiger partial charge in [-0.1, -0.05) is 12.2 Å². The first-order chi connectivity index (χ1) is 16.0. The Kier molecular flexibility index (Phi) is 21.0. The molecule has 2 N–H and O–H groups in total. The molecule has 194 valence electrons. The third-order valence-corrected chi connectivity index (χ3v) is 7.42. The van der Waals surface area contributed by atoms with E-state index in [1.807, 2.05) is 20.8 Å². The molecule has 0 rings (SSSR count). The summed E-state index contributed by atoms with van der Waals surface area (Å²) in [6, 6.07) is 0. The summed E-state index contributed by atoms with van der Waals surface area (Å²) in [5.74, 6) is 1.29. The molecule has 0 spiro atoms. The van der Waals surface area contributed by atoms with Crippen LogP contribution in [0, 0.1) is 0 Å². The largest absolute Gasteiger partial charge is 0.470 e. The van der Waals surface area contributed by atoms with Gasteiger partial charge in [-0.3, -0.25) is 13.3 Å². The maximum Gasteiger partial charge on any atom is 0.256 e. The fourth-order valence-corrected chi connectivity index (χ4v) is 5.45. The van der Waals surface area contributed by atoms with Crippen LogP contribution in [-0.2, 0) is 22.6 Å². The van der Waals surface area contributed by atoms with Gasteiger partial charge < -0.3 is 24.8 Å². The van der Waals surface area contributed by atoms with Crippen LogP contribution in [0.25, 0.3) is 0 Å². The van der Waals surface area contributed by atoms with E-state index in [0.29, 0.717) is 75.5 Å². The molecule has 0 aliphatic rings. The van der Waals surface area contributed by atoms with E-state index in [0.717, 1.165) is 18.7 Å². The molecule has 0 amide bonds. The summed E-state index contributed by atoms with van der Waals surface area (Å²) >= 11 is 10.3. The molecule has 0 radical (unpaired) electrons.